The molecule has 0 heterocycles. The molecule has 1 aliphatic rings. The SMILES string of the molecule is NC(N)=C1c2ccccc2-c2ccccc21. The molecule has 0 fully saturated rings. The molecule has 2 heteroatoms. The summed E-state index contributed by atoms with van der Waals surface area (Å²) in [5.74, 6) is 0.386. The number of benzene rings is 2. The van der Waals surface area contributed by atoms with Crippen molar-refractivity contribution >= 4 is 5.57 Å². The molecule has 2 aromatic carbocycles. The van der Waals surface area contributed by atoms with Crippen molar-refractivity contribution in [3.05, 3.63) is 65.5 Å². The predicted molar refractivity (Wildman–Crippen MR) is 66.3 cm³/mol. The van der Waals surface area contributed by atoms with Gasteiger partial charge in [0, 0.05) is 5.57 Å². The van der Waals surface area contributed by atoms with Crippen LogP contribution in [0.5, 0.6) is 0 Å². The van der Waals surface area contributed by atoms with Crippen LogP contribution in [0, 0.1) is 0 Å². The maximum atomic E-state index is 5.78. The summed E-state index contributed by atoms with van der Waals surface area (Å²) in [5.41, 5.74) is 17.2. The first-order valence-corrected chi connectivity index (χ1v) is 5.23. The summed E-state index contributed by atoms with van der Waals surface area (Å²) in [4.78, 5) is 0. The zero-order chi connectivity index (χ0) is 11.1. The van der Waals surface area contributed by atoms with Gasteiger partial charge in [-0.25, -0.2) is 0 Å². The highest BCUT2D eigenvalue weighted by atomic mass is 14.8. The smallest absolute Gasteiger partial charge is 0.102 e. The maximum Gasteiger partial charge on any atom is 0.102 e. The first-order chi connectivity index (χ1) is 7.79. The average Bonchev–Trinajstić information content (AvgIpc) is 2.63. The highest BCUT2D eigenvalue weighted by molar-refractivity contribution is 6.01. The maximum absolute atomic E-state index is 5.78. The molecule has 0 atom stereocenters. The molecular weight excluding hydrogens is 196 g/mol. The van der Waals surface area contributed by atoms with E-state index in [-0.39, 0.29) is 0 Å². The van der Waals surface area contributed by atoms with E-state index in [9.17, 15) is 0 Å². The minimum Gasteiger partial charge on any atom is -0.385 e. The molecule has 4 N–H and O–H groups in total. The van der Waals surface area contributed by atoms with Gasteiger partial charge in [-0.3, -0.25) is 0 Å². The van der Waals surface area contributed by atoms with E-state index in [4.69, 9.17) is 11.5 Å². The van der Waals surface area contributed by atoms with Gasteiger partial charge in [0.25, 0.3) is 0 Å². The molecule has 0 radical (unpaired) electrons. The van der Waals surface area contributed by atoms with E-state index >= 15 is 0 Å². The summed E-state index contributed by atoms with van der Waals surface area (Å²) in [6.45, 7) is 0. The van der Waals surface area contributed by atoms with Gasteiger partial charge in [-0.1, -0.05) is 48.5 Å². The van der Waals surface area contributed by atoms with Gasteiger partial charge in [0.2, 0.25) is 0 Å². The third-order valence-electron chi connectivity index (χ3n) is 2.97. The fourth-order valence-electron chi connectivity index (χ4n) is 2.33. The second kappa shape index (κ2) is 3.14. The lowest BCUT2D eigenvalue weighted by atomic mass is 10.0. The number of hydrogen-bond acceptors (Lipinski definition) is 2. The largest absolute Gasteiger partial charge is 0.385 e. The number of nitrogens with two attached hydrogens (primary N) is 2. The van der Waals surface area contributed by atoms with Gasteiger partial charge in [-0.15, -0.1) is 0 Å². The van der Waals surface area contributed by atoms with Gasteiger partial charge < -0.3 is 11.5 Å². The molecule has 0 amide bonds. The Labute approximate surface area is 94.2 Å². The van der Waals surface area contributed by atoms with Crippen molar-refractivity contribution in [1.82, 2.24) is 0 Å². The molecule has 0 saturated heterocycles. The van der Waals surface area contributed by atoms with Crippen LogP contribution in [0.25, 0.3) is 16.7 Å². The second-order valence-electron chi connectivity index (χ2n) is 3.92. The fourth-order valence-corrected chi connectivity index (χ4v) is 2.33. The highest BCUT2D eigenvalue weighted by Gasteiger charge is 2.23. The molecule has 16 heavy (non-hydrogen) atoms. The fraction of sp³-hybridized carbons (Fsp3) is 0. The van der Waals surface area contributed by atoms with Crippen molar-refractivity contribution in [2.45, 2.75) is 0 Å². The molecule has 78 valence electrons. The third-order valence-corrected chi connectivity index (χ3v) is 2.97. The molecule has 2 aromatic rings. The minimum atomic E-state index is 0.386. The Morgan fingerprint density at radius 2 is 1.00 bits per heavy atom. The topological polar surface area (TPSA) is 52.0 Å². The molecule has 2 nitrogen and oxygen atoms in total. The molecule has 3 rings (SSSR count). The standard InChI is InChI=1S/C14H12N2/c15-14(16)13-11-7-3-1-5-9(11)10-6-2-4-8-12(10)13/h1-8H,15-16H2. The van der Waals surface area contributed by atoms with Crippen LogP contribution in [0.4, 0.5) is 0 Å². The number of rotatable bonds is 0. The van der Waals surface area contributed by atoms with E-state index in [1.165, 1.54) is 11.1 Å². The monoisotopic (exact) mass is 208 g/mol. The summed E-state index contributed by atoms with van der Waals surface area (Å²) in [6.07, 6.45) is 0. The lowest BCUT2D eigenvalue weighted by Gasteiger charge is -2.03. The van der Waals surface area contributed by atoms with Crippen LogP contribution >= 0.6 is 0 Å². The number of fused-ring (bicyclic) bond motifs is 3. The van der Waals surface area contributed by atoms with Gasteiger partial charge >= 0.3 is 0 Å². The Kier molecular flexibility index (Phi) is 1.77. The van der Waals surface area contributed by atoms with Crippen LogP contribution in [0.3, 0.4) is 0 Å². The Morgan fingerprint density at radius 1 is 0.625 bits per heavy atom. The third kappa shape index (κ3) is 1.07. The second-order valence-corrected chi connectivity index (χ2v) is 3.92. The summed E-state index contributed by atoms with van der Waals surface area (Å²) in [6, 6.07) is 16.4. The highest BCUT2D eigenvalue weighted by Crippen LogP contribution is 2.43. The Balaban J connectivity index is 2.44. The minimum absolute atomic E-state index is 0.386. The van der Waals surface area contributed by atoms with E-state index in [0.717, 1.165) is 16.7 Å². The molecule has 0 aromatic heterocycles. The first kappa shape index (κ1) is 9.04. The molecule has 0 unspecified atom stereocenters. The Hall–Kier alpha value is -2.22. The van der Waals surface area contributed by atoms with Crippen molar-refractivity contribution < 1.29 is 0 Å². The van der Waals surface area contributed by atoms with Crippen molar-refractivity contribution in [1.29, 1.82) is 0 Å². The molecule has 0 bridgehead atoms. The van der Waals surface area contributed by atoms with Crippen molar-refractivity contribution in [2.24, 2.45) is 11.5 Å². The van der Waals surface area contributed by atoms with Gasteiger partial charge in [-0.2, -0.15) is 0 Å². The van der Waals surface area contributed by atoms with E-state index < -0.39 is 0 Å². The zero-order valence-corrected chi connectivity index (χ0v) is 8.77. The van der Waals surface area contributed by atoms with Crippen LogP contribution < -0.4 is 11.5 Å². The zero-order valence-electron chi connectivity index (χ0n) is 8.77. The van der Waals surface area contributed by atoms with E-state index in [0.29, 0.717) is 5.82 Å². The van der Waals surface area contributed by atoms with Crippen LogP contribution in [0.15, 0.2) is 54.4 Å². The van der Waals surface area contributed by atoms with Gasteiger partial charge in [0.15, 0.2) is 0 Å². The Bertz CT molecular complexity index is 546. The number of hydrogen-bond donors (Lipinski definition) is 2. The molecule has 1 aliphatic carbocycles. The van der Waals surface area contributed by atoms with Gasteiger partial charge in [0.05, 0.1) is 0 Å². The van der Waals surface area contributed by atoms with Crippen LogP contribution in [0.2, 0.25) is 0 Å². The van der Waals surface area contributed by atoms with Crippen molar-refractivity contribution in [2.75, 3.05) is 0 Å². The van der Waals surface area contributed by atoms with Crippen LogP contribution in [-0.4, -0.2) is 0 Å². The molecule has 0 aliphatic heterocycles. The summed E-state index contributed by atoms with van der Waals surface area (Å²) >= 11 is 0. The van der Waals surface area contributed by atoms with Crippen LogP contribution in [-0.2, 0) is 0 Å². The normalized spacial score (nSPS) is 12.1. The van der Waals surface area contributed by atoms with E-state index in [2.05, 4.69) is 24.3 Å². The summed E-state index contributed by atoms with van der Waals surface area (Å²) in [5, 5.41) is 0. The van der Waals surface area contributed by atoms with Crippen molar-refractivity contribution in [3.63, 3.8) is 0 Å². The summed E-state index contributed by atoms with van der Waals surface area (Å²) in [7, 11) is 0. The van der Waals surface area contributed by atoms with Gasteiger partial charge in [0.1, 0.15) is 5.82 Å². The van der Waals surface area contributed by atoms with E-state index in [1.54, 1.807) is 0 Å². The molecule has 0 saturated carbocycles. The quantitative estimate of drug-likeness (QED) is 0.595. The first-order valence-electron chi connectivity index (χ1n) is 5.23. The lowest BCUT2D eigenvalue weighted by molar-refractivity contribution is 1.26. The predicted octanol–water partition coefficient (Wildman–Crippen LogP) is 2.30. The van der Waals surface area contributed by atoms with Gasteiger partial charge in [-0.05, 0) is 22.3 Å². The Morgan fingerprint density at radius 3 is 1.38 bits per heavy atom. The average molecular weight is 208 g/mol. The molecular formula is C14H12N2. The lowest BCUT2D eigenvalue weighted by Crippen LogP contribution is -2.11. The summed E-state index contributed by atoms with van der Waals surface area (Å²) < 4.78 is 0. The molecule has 0 spiro atoms. The van der Waals surface area contributed by atoms with Crippen molar-refractivity contribution in [3.8, 4) is 11.1 Å². The van der Waals surface area contributed by atoms with E-state index in [1.807, 2.05) is 24.3 Å². The van der Waals surface area contributed by atoms with Crippen LogP contribution in [0.1, 0.15) is 11.1 Å².